The van der Waals surface area contributed by atoms with Crippen molar-refractivity contribution in [3.63, 3.8) is 0 Å². The van der Waals surface area contributed by atoms with Crippen LogP contribution in [0.2, 0.25) is 5.02 Å². The number of aliphatic imine (C=N–C) groups is 1. The van der Waals surface area contributed by atoms with E-state index in [4.69, 9.17) is 26.1 Å². The van der Waals surface area contributed by atoms with E-state index in [2.05, 4.69) is 45.0 Å². The first-order chi connectivity index (χ1) is 20.9. The van der Waals surface area contributed by atoms with Crippen molar-refractivity contribution in [3.8, 4) is 11.5 Å². The van der Waals surface area contributed by atoms with Crippen molar-refractivity contribution in [2.45, 2.75) is 47.1 Å². The summed E-state index contributed by atoms with van der Waals surface area (Å²) in [5.74, 6) is 0.861. The number of carbonyl (C=O) groups is 1. The highest BCUT2D eigenvalue weighted by Crippen LogP contribution is 2.41. The van der Waals surface area contributed by atoms with E-state index in [1.54, 1.807) is 11.0 Å². The van der Waals surface area contributed by atoms with Crippen molar-refractivity contribution in [2.75, 3.05) is 11.5 Å². The molecular weight excluding hydrogens is 576 g/mol. The second-order valence-corrected chi connectivity index (χ2v) is 11.6. The molecule has 4 aromatic carbocycles. The van der Waals surface area contributed by atoms with Gasteiger partial charge in [0.15, 0.2) is 16.7 Å². The molecule has 1 aliphatic heterocycles. The monoisotopic (exact) mass is 610 g/mol. The number of rotatable bonds is 10. The van der Waals surface area contributed by atoms with Gasteiger partial charge in [0.2, 0.25) is 0 Å². The summed E-state index contributed by atoms with van der Waals surface area (Å²) < 4.78 is 12.0. The number of amidine groups is 1. The lowest BCUT2D eigenvalue weighted by atomic mass is 10.1. The molecule has 5 nitrogen and oxygen atoms in total. The molecule has 1 fully saturated rings. The third-order valence-electron chi connectivity index (χ3n) is 7.11. The maximum Gasteiger partial charge on any atom is 0.271 e. The van der Waals surface area contributed by atoms with Crippen molar-refractivity contribution < 1.29 is 14.3 Å². The molecule has 7 heteroatoms. The molecule has 5 rings (SSSR count). The molecule has 220 valence electrons. The lowest BCUT2D eigenvalue weighted by Crippen LogP contribution is -2.28. The number of halogens is 1. The molecule has 1 amide bonds. The SMILES string of the molecule is CCOc1cc(/C=C2\SC(=Nc3ccc(CC)cc3)N(c3ccc(CC)cc3)C2=O)cc(Cl)c1OCc1ccc(C)cc1. The van der Waals surface area contributed by atoms with Crippen LogP contribution in [0.1, 0.15) is 48.6 Å². The first-order valence-electron chi connectivity index (χ1n) is 14.5. The normalized spacial score (nSPS) is 15.0. The van der Waals surface area contributed by atoms with Gasteiger partial charge in [-0.2, -0.15) is 0 Å². The smallest absolute Gasteiger partial charge is 0.271 e. The van der Waals surface area contributed by atoms with E-state index >= 15 is 0 Å². The Kier molecular flexibility index (Phi) is 9.90. The van der Waals surface area contributed by atoms with E-state index in [9.17, 15) is 4.79 Å². The van der Waals surface area contributed by atoms with Crippen LogP contribution in [0.4, 0.5) is 11.4 Å². The van der Waals surface area contributed by atoms with Gasteiger partial charge in [0, 0.05) is 0 Å². The van der Waals surface area contributed by atoms with Gasteiger partial charge in [0.05, 0.1) is 27.9 Å². The number of hydrogen-bond acceptors (Lipinski definition) is 5. The van der Waals surface area contributed by atoms with Crippen molar-refractivity contribution in [1.29, 1.82) is 0 Å². The topological polar surface area (TPSA) is 51.1 Å². The van der Waals surface area contributed by atoms with Gasteiger partial charge in [-0.3, -0.25) is 9.69 Å². The summed E-state index contributed by atoms with van der Waals surface area (Å²) in [7, 11) is 0. The second-order valence-electron chi connectivity index (χ2n) is 10.2. The Bertz CT molecular complexity index is 1650. The molecule has 0 saturated carbocycles. The van der Waals surface area contributed by atoms with Crippen LogP contribution >= 0.6 is 23.4 Å². The zero-order chi connectivity index (χ0) is 30.3. The molecule has 0 radical (unpaired) electrons. The molecular formula is C36H35ClN2O3S. The van der Waals surface area contributed by atoms with Crippen LogP contribution in [0.5, 0.6) is 11.5 Å². The van der Waals surface area contributed by atoms with Gasteiger partial charge in [0.25, 0.3) is 5.91 Å². The molecule has 4 aromatic rings. The van der Waals surface area contributed by atoms with E-state index in [0.717, 1.165) is 35.3 Å². The maximum absolute atomic E-state index is 13.9. The summed E-state index contributed by atoms with van der Waals surface area (Å²) in [6.07, 6.45) is 3.71. The van der Waals surface area contributed by atoms with Gasteiger partial charge < -0.3 is 9.47 Å². The number of thioether (sulfide) groups is 1. The van der Waals surface area contributed by atoms with Gasteiger partial charge >= 0.3 is 0 Å². The number of aryl methyl sites for hydroxylation is 3. The molecule has 0 atom stereocenters. The van der Waals surface area contributed by atoms with Crippen molar-refractivity contribution in [2.24, 2.45) is 4.99 Å². The number of nitrogens with zero attached hydrogens (tertiary/aromatic N) is 2. The van der Waals surface area contributed by atoms with E-state index in [0.29, 0.717) is 39.8 Å². The van der Waals surface area contributed by atoms with E-state index in [-0.39, 0.29) is 5.91 Å². The Labute approximate surface area is 263 Å². The van der Waals surface area contributed by atoms with Crippen molar-refractivity contribution in [3.05, 3.63) is 123 Å². The zero-order valence-electron chi connectivity index (χ0n) is 24.9. The fraction of sp³-hybridized carbons (Fsp3) is 0.222. The maximum atomic E-state index is 13.9. The Morgan fingerprint density at radius 2 is 1.47 bits per heavy atom. The van der Waals surface area contributed by atoms with Gasteiger partial charge in [0.1, 0.15) is 6.61 Å². The predicted molar refractivity (Wildman–Crippen MR) is 180 cm³/mol. The Morgan fingerprint density at radius 3 is 2.09 bits per heavy atom. The number of benzene rings is 4. The van der Waals surface area contributed by atoms with Crippen LogP contribution in [0.3, 0.4) is 0 Å². The fourth-order valence-electron chi connectivity index (χ4n) is 4.64. The summed E-state index contributed by atoms with van der Waals surface area (Å²) in [5.41, 5.74) is 6.96. The van der Waals surface area contributed by atoms with E-state index in [1.807, 2.05) is 67.6 Å². The highest BCUT2D eigenvalue weighted by Gasteiger charge is 2.35. The minimum absolute atomic E-state index is 0.146. The molecule has 0 N–H and O–H groups in total. The third kappa shape index (κ3) is 7.32. The average molecular weight is 611 g/mol. The fourth-order valence-corrected chi connectivity index (χ4v) is 5.91. The highest BCUT2D eigenvalue weighted by molar-refractivity contribution is 8.19. The first-order valence-corrected chi connectivity index (χ1v) is 15.7. The lowest BCUT2D eigenvalue weighted by Gasteiger charge is -2.16. The summed E-state index contributed by atoms with van der Waals surface area (Å²) >= 11 is 8.08. The number of carbonyl (C=O) groups excluding carboxylic acids is 1. The van der Waals surface area contributed by atoms with Crippen LogP contribution in [-0.2, 0) is 24.2 Å². The minimum atomic E-state index is -0.146. The summed E-state index contributed by atoms with van der Waals surface area (Å²) in [6, 6.07) is 28.0. The van der Waals surface area contributed by atoms with E-state index < -0.39 is 0 Å². The molecule has 1 heterocycles. The number of ether oxygens (including phenoxy) is 2. The van der Waals surface area contributed by atoms with Crippen LogP contribution < -0.4 is 14.4 Å². The third-order valence-corrected chi connectivity index (χ3v) is 8.36. The standard InChI is InChI=1S/C36H35ClN2O3S/c1-5-25-12-16-29(17-13-25)38-36-39(30-18-14-26(6-2)15-19-30)35(40)33(43-36)22-28-20-31(37)34(32(21-28)41-7-3)42-23-27-10-8-24(4)9-11-27/h8-22H,5-7,23H2,1-4H3/b33-22-,38-36?. The minimum Gasteiger partial charge on any atom is -0.490 e. The highest BCUT2D eigenvalue weighted by atomic mass is 35.5. The molecule has 1 aliphatic rings. The van der Waals surface area contributed by atoms with E-state index in [1.165, 1.54) is 28.5 Å². The van der Waals surface area contributed by atoms with Crippen LogP contribution in [0.15, 0.2) is 94.8 Å². The molecule has 0 bridgehead atoms. The Morgan fingerprint density at radius 1 is 0.837 bits per heavy atom. The second kappa shape index (κ2) is 14.0. The summed E-state index contributed by atoms with van der Waals surface area (Å²) in [6.45, 7) is 9.00. The van der Waals surface area contributed by atoms with Gasteiger partial charge in [-0.25, -0.2) is 4.99 Å². The first kappa shape index (κ1) is 30.5. The van der Waals surface area contributed by atoms with Crippen LogP contribution in [-0.4, -0.2) is 17.7 Å². The Hall–Kier alpha value is -4.00. The number of amides is 1. The zero-order valence-corrected chi connectivity index (χ0v) is 26.5. The largest absolute Gasteiger partial charge is 0.490 e. The lowest BCUT2D eigenvalue weighted by molar-refractivity contribution is -0.113. The predicted octanol–water partition coefficient (Wildman–Crippen LogP) is 9.56. The van der Waals surface area contributed by atoms with Gasteiger partial charge in [-0.05, 0) is 103 Å². The Balaban J connectivity index is 1.48. The molecule has 0 unspecified atom stereocenters. The number of anilines is 1. The molecule has 0 aromatic heterocycles. The summed E-state index contributed by atoms with van der Waals surface area (Å²) in [5, 5.41) is 1.01. The van der Waals surface area contributed by atoms with Gasteiger partial charge in [-0.15, -0.1) is 0 Å². The quantitative estimate of drug-likeness (QED) is 0.168. The molecule has 0 aliphatic carbocycles. The van der Waals surface area contributed by atoms with Crippen molar-refractivity contribution >= 4 is 51.9 Å². The molecule has 1 saturated heterocycles. The number of hydrogen-bond donors (Lipinski definition) is 0. The van der Waals surface area contributed by atoms with Crippen LogP contribution in [0.25, 0.3) is 6.08 Å². The van der Waals surface area contributed by atoms with Crippen molar-refractivity contribution in [1.82, 2.24) is 0 Å². The van der Waals surface area contributed by atoms with Crippen LogP contribution in [0, 0.1) is 6.92 Å². The average Bonchev–Trinajstić information content (AvgIpc) is 3.31. The molecule has 0 spiro atoms. The molecule has 43 heavy (non-hydrogen) atoms. The summed E-state index contributed by atoms with van der Waals surface area (Å²) in [4.78, 5) is 21.0. The van der Waals surface area contributed by atoms with Gasteiger partial charge in [-0.1, -0.05) is 79.5 Å².